The minimum Gasteiger partial charge on any atom is -0.491 e. The van der Waals surface area contributed by atoms with Crippen molar-refractivity contribution in [3.05, 3.63) is 53.6 Å². The van der Waals surface area contributed by atoms with Crippen LogP contribution in [0, 0.1) is 6.92 Å². The molecule has 0 amide bonds. The topological polar surface area (TPSA) is 48.3 Å². The highest BCUT2D eigenvalue weighted by molar-refractivity contribution is 9.10. The molecule has 1 radical (unpaired) electrons. The summed E-state index contributed by atoms with van der Waals surface area (Å²) in [4.78, 5) is 0.0603. The van der Waals surface area contributed by atoms with Crippen LogP contribution in [0.4, 0.5) is 4.39 Å². The molecule has 0 unspecified atom stereocenters. The first-order valence-electron chi connectivity index (χ1n) is 5.69. The van der Waals surface area contributed by atoms with Crippen molar-refractivity contribution in [2.24, 2.45) is 0 Å². The molecule has 1 aromatic carbocycles. The first kappa shape index (κ1) is 15.1. The van der Waals surface area contributed by atoms with E-state index in [9.17, 15) is 12.8 Å². The van der Waals surface area contributed by atoms with Crippen LogP contribution in [0.5, 0.6) is 5.75 Å². The lowest BCUT2D eigenvalue weighted by atomic mass is 10.3. The molecule has 0 N–H and O–H groups in total. The number of halogens is 2. The Hall–Kier alpha value is -1.34. The van der Waals surface area contributed by atoms with Gasteiger partial charge in [0.15, 0.2) is 0 Å². The zero-order chi connectivity index (χ0) is 14.8. The Morgan fingerprint density at radius 2 is 2.10 bits per heavy atom. The van der Waals surface area contributed by atoms with Crippen molar-refractivity contribution >= 4 is 26.0 Å². The second kappa shape index (κ2) is 5.97. The summed E-state index contributed by atoms with van der Waals surface area (Å²) in [6.45, 7) is 2.94. The van der Waals surface area contributed by atoms with Gasteiger partial charge in [0.1, 0.15) is 23.6 Å². The van der Waals surface area contributed by atoms with E-state index in [-0.39, 0.29) is 11.5 Å². The summed E-state index contributed by atoms with van der Waals surface area (Å²) in [6, 6.07) is 7.53. The van der Waals surface area contributed by atoms with Crippen LogP contribution < -0.4 is 4.74 Å². The quantitative estimate of drug-likeness (QED) is 0.823. The summed E-state index contributed by atoms with van der Waals surface area (Å²) in [6.07, 6.45) is 1.41. The summed E-state index contributed by atoms with van der Waals surface area (Å²) in [5.41, 5.74) is 0.574. The van der Waals surface area contributed by atoms with E-state index in [1.165, 1.54) is 18.3 Å². The molecule has 0 bridgehead atoms. The molecule has 107 valence electrons. The van der Waals surface area contributed by atoms with Crippen molar-refractivity contribution in [1.29, 1.82) is 0 Å². The maximum atomic E-state index is 12.5. The van der Waals surface area contributed by atoms with Crippen molar-refractivity contribution in [2.75, 3.05) is 13.3 Å². The van der Waals surface area contributed by atoms with E-state index in [4.69, 9.17) is 4.74 Å². The van der Waals surface area contributed by atoms with Crippen LogP contribution in [0.2, 0.25) is 0 Å². The van der Waals surface area contributed by atoms with Gasteiger partial charge >= 0.3 is 0 Å². The predicted molar refractivity (Wildman–Crippen MR) is 77.1 cm³/mol. The van der Waals surface area contributed by atoms with Gasteiger partial charge in [-0.1, -0.05) is 6.07 Å². The molecular formula is C13H12BrFNO3S. The molecule has 0 saturated heterocycles. The summed E-state index contributed by atoms with van der Waals surface area (Å²) in [5, 5.41) is 0. The number of rotatable bonds is 5. The lowest BCUT2D eigenvalue weighted by molar-refractivity contribution is 0.272. The van der Waals surface area contributed by atoms with Gasteiger partial charge in [-0.15, -0.1) is 0 Å². The van der Waals surface area contributed by atoms with Crippen molar-refractivity contribution in [1.82, 2.24) is 3.97 Å². The van der Waals surface area contributed by atoms with E-state index >= 15 is 0 Å². The molecule has 2 rings (SSSR count). The van der Waals surface area contributed by atoms with E-state index in [2.05, 4.69) is 22.9 Å². The lowest BCUT2D eigenvalue weighted by Crippen LogP contribution is -2.12. The van der Waals surface area contributed by atoms with E-state index in [0.29, 0.717) is 15.9 Å². The van der Waals surface area contributed by atoms with Gasteiger partial charge in [-0.05, 0) is 46.6 Å². The van der Waals surface area contributed by atoms with Gasteiger partial charge in [-0.3, -0.25) is 0 Å². The van der Waals surface area contributed by atoms with Crippen LogP contribution in [0.3, 0.4) is 0 Å². The second-order valence-corrected chi connectivity index (χ2v) is 6.61. The third-order valence-corrected chi connectivity index (χ3v) is 5.02. The van der Waals surface area contributed by atoms with Crippen LogP contribution >= 0.6 is 15.9 Å². The van der Waals surface area contributed by atoms with Crippen molar-refractivity contribution in [3.8, 4) is 5.75 Å². The highest BCUT2D eigenvalue weighted by Crippen LogP contribution is 2.24. The molecule has 0 atom stereocenters. The minimum absolute atomic E-state index is 0.0603. The molecule has 1 aromatic heterocycles. The fourth-order valence-corrected chi connectivity index (χ4v) is 3.91. The number of alkyl halides is 1. The van der Waals surface area contributed by atoms with Crippen LogP contribution in [0.1, 0.15) is 5.56 Å². The average Bonchev–Trinajstić information content (AvgIpc) is 2.76. The summed E-state index contributed by atoms with van der Waals surface area (Å²) in [5.74, 6) is 0.307. The summed E-state index contributed by atoms with van der Waals surface area (Å²) >= 11 is 3.17. The highest BCUT2D eigenvalue weighted by atomic mass is 79.9. The fourth-order valence-electron chi connectivity index (χ4n) is 1.64. The molecule has 7 heteroatoms. The largest absolute Gasteiger partial charge is 0.491 e. The Kier molecular flexibility index (Phi) is 4.49. The standard InChI is InChI=1S/C13H12BrFNO3S/c1-10-7-13(14)16(9-10)20(17,18)12-4-2-3-11(8-12)19-6-5-15/h2-4,7-9H,1,5-6H2. The average molecular weight is 361 g/mol. The van der Waals surface area contributed by atoms with Gasteiger partial charge in [0.2, 0.25) is 0 Å². The van der Waals surface area contributed by atoms with Gasteiger partial charge in [0, 0.05) is 12.3 Å². The molecule has 0 fully saturated rings. The van der Waals surface area contributed by atoms with Crippen LogP contribution in [0.15, 0.2) is 46.0 Å². The number of aromatic nitrogens is 1. The predicted octanol–water partition coefficient (Wildman–Crippen LogP) is 3.02. The monoisotopic (exact) mass is 360 g/mol. The second-order valence-electron chi connectivity index (χ2n) is 3.98. The summed E-state index contributed by atoms with van der Waals surface area (Å²) in [7, 11) is -3.74. The molecule has 2 aromatic rings. The molecule has 0 aliphatic heterocycles. The molecule has 0 aliphatic rings. The normalized spacial score (nSPS) is 11.6. The van der Waals surface area contributed by atoms with Crippen LogP contribution in [-0.4, -0.2) is 25.7 Å². The van der Waals surface area contributed by atoms with Gasteiger partial charge < -0.3 is 4.74 Å². The zero-order valence-corrected chi connectivity index (χ0v) is 12.8. The van der Waals surface area contributed by atoms with Crippen molar-refractivity contribution in [3.63, 3.8) is 0 Å². The van der Waals surface area contributed by atoms with E-state index < -0.39 is 16.7 Å². The number of hydrogen-bond acceptors (Lipinski definition) is 3. The fraction of sp³-hybridized carbons (Fsp3) is 0.154. The number of ether oxygens (including phenoxy) is 1. The SMILES string of the molecule is [CH2]c1cc(Br)n(S(=O)(=O)c2cccc(OCCF)c2)c1. The molecule has 1 heterocycles. The van der Waals surface area contributed by atoms with Gasteiger partial charge in [0.25, 0.3) is 10.0 Å². The van der Waals surface area contributed by atoms with Gasteiger partial charge in [0.05, 0.1) is 4.90 Å². The highest BCUT2D eigenvalue weighted by Gasteiger charge is 2.19. The molecule has 0 spiro atoms. The Morgan fingerprint density at radius 3 is 2.70 bits per heavy atom. The Morgan fingerprint density at radius 1 is 1.35 bits per heavy atom. The maximum absolute atomic E-state index is 12.5. The third-order valence-electron chi connectivity index (χ3n) is 2.51. The molecular weight excluding hydrogens is 349 g/mol. The van der Waals surface area contributed by atoms with Gasteiger partial charge in [-0.2, -0.15) is 0 Å². The molecule has 20 heavy (non-hydrogen) atoms. The Balaban J connectivity index is 2.42. The number of hydrogen-bond donors (Lipinski definition) is 0. The third kappa shape index (κ3) is 3.04. The number of nitrogens with zero attached hydrogens (tertiary/aromatic N) is 1. The Labute approximate surface area is 125 Å². The lowest BCUT2D eigenvalue weighted by Gasteiger charge is -2.09. The van der Waals surface area contributed by atoms with E-state index in [0.717, 1.165) is 3.97 Å². The van der Waals surface area contributed by atoms with Crippen LogP contribution in [-0.2, 0) is 10.0 Å². The Bertz CT molecular complexity index is 712. The molecule has 4 nitrogen and oxygen atoms in total. The van der Waals surface area contributed by atoms with Crippen LogP contribution in [0.25, 0.3) is 0 Å². The van der Waals surface area contributed by atoms with E-state index in [1.54, 1.807) is 18.2 Å². The minimum atomic E-state index is -3.74. The summed E-state index contributed by atoms with van der Waals surface area (Å²) < 4.78 is 43.6. The smallest absolute Gasteiger partial charge is 0.268 e. The van der Waals surface area contributed by atoms with E-state index in [1.807, 2.05) is 0 Å². The van der Waals surface area contributed by atoms with Crippen molar-refractivity contribution in [2.45, 2.75) is 4.90 Å². The van der Waals surface area contributed by atoms with Crippen molar-refractivity contribution < 1.29 is 17.5 Å². The number of benzene rings is 1. The first-order valence-corrected chi connectivity index (χ1v) is 7.92. The molecule has 0 saturated carbocycles. The zero-order valence-electron chi connectivity index (χ0n) is 10.4. The maximum Gasteiger partial charge on any atom is 0.268 e. The first-order chi connectivity index (χ1) is 9.45. The van der Waals surface area contributed by atoms with Gasteiger partial charge in [-0.25, -0.2) is 16.8 Å². The molecule has 0 aliphatic carbocycles.